The highest BCUT2D eigenvalue weighted by molar-refractivity contribution is 7.91. The monoisotopic (exact) mass is 187 g/mol. The standard InChI is InChI=1S/C8H8ClOS/c1-2-11(10)8-5-3-7(9)4-6-8/h3-6H,1-2H2. The van der Waals surface area contributed by atoms with Crippen molar-refractivity contribution in [1.82, 2.24) is 0 Å². The van der Waals surface area contributed by atoms with Crippen LogP contribution in [-0.4, -0.2) is 10.3 Å². The van der Waals surface area contributed by atoms with Crippen molar-refractivity contribution in [3.63, 3.8) is 0 Å². The summed E-state index contributed by atoms with van der Waals surface area (Å²) in [4.78, 5) is 0.782. The lowest BCUT2D eigenvalue weighted by Crippen LogP contribution is -2.03. The molecule has 0 aliphatic carbocycles. The zero-order chi connectivity index (χ0) is 8.27. The fourth-order valence-corrected chi connectivity index (χ4v) is 1.51. The Kier molecular flexibility index (Phi) is 3.24. The zero-order valence-corrected chi connectivity index (χ0v) is 7.49. The van der Waals surface area contributed by atoms with Gasteiger partial charge in [0.2, 0.25) is 0 Å². The molecule has 3 heteroatoms. The van der Waals surface area contributed by atoms with Crippen LogP contribution in [0.4, 0.5) is 0 Å². The largest absolute Gasteiger partial charge is 0.611 e. The summed E-state index contributed by atoms with van der Waals surface area (Å²) in [6, 6.07) is 6.96. The van der Waals surface area contributed by atoms with E-state index in [0.717, 1.165) is 4.90 Å². The van der Waals surface area contributed by atoms with E-state index in [-0.39, 0.29) is 0 Å². The third-order valence-electron chi connectivity index (χ3n) is 1.26. The van der Waals surface area contributed by atoms with E-state index in [9.17, 15) is 4.55 Å². The second-order valence-corrected chi connectivity index (χ2v) is 4.01. The van der Waals surface area contributed by atoms with Crippen molar-refractivity contribution < 1.29 is 4.55 Å². The summed E-state index contributed by atoms with van der Waals surface area (Å²) in [6.45, 7) is 3.55. The molecular formula is C8H8ClOS. The van der Waals surface area contributed by atoms with E-state index in [1.165, 1.54) is 0 Å². The molecule has 0 aromatic heterocycles. The van der Waals surface area contributed by atoms with Gasteiger partial charge in [0.25, 0.3) is 0 Å². The highest BCUT2D eigenvalue weighted by Gasteiger charge is 2.05. The van der Waals surface area contributed by atoms with Crippen molar-refractivity contribution in [2.75, 3.05) is 5.75 Å². The summed E-state index contributed by atoms with van der Waals surface area (Å²) in [5, 5.41) is 0.662. The molecule has 0 fully saturated rings. The Labute approximate surface area is 74.6 Å². The summed E-state index contributed by atoms with van der Waals surface area (Å²) >= 11 is 4.68. The summed E-state index contributed by atoms with van der Waals surface area (Å²) in [5.74, 6) is 0.404. The van der Waals surface area contributed by atoms with Gasteiger partial charge in [0, 0.05) is 5.02 Å². The van der Waals surface area contributed by atoms with Crippen LogP contribution in [0.3, 0.4) is 0 Å². The molecule has 1 aromatic carbocycles. The summed E-state index contributed by atoms with van der Waals surface area (Å²) in [6.07, 6.45) is 0. The molecule has 0 heterocycles. The van der Waals surface area contributed by atoms with E-state index in [2.05, 4.69) is 6.92 Å². The van der Waals surface area contributed by atoms with E-state index in [0.29, 0.717) is 10.8 Å². The van der Waals surface area contributed by atoms with Gasteiger partial charge in [-0.2, -0.15) is 0 Å². The van der Waals surface area contributed by atoms with Crippen molar-refractivity contribution in [1.29, 1.82) is 0 Å². The molecule has 1 atom stereocenters. The minimum absolute atomic E-state index is 0.404. The fourth-order valence-electron chi connectivity index (χ4n) is 0.704. The van der Waals surface area contributed by atoms with Gasteiger partial charge in [-0.05, 0) is 42.4 Å². The van der Waals surface area contributed by atoms with Crippen LogP contribution in [0.5, 0.6) is 0 Å². The van der Waals surface area contributed by atoms with Gasteiger partial charge in [0.05, 0.1) is 0 Å². The van der Waals surface area contributed by atoms with Crippen molar-refractivity contribution in [3.05, 3.63) is 36.2 Å². The predicted molar refractivity (Wildman–Crippen MR) is 48.1 cm³/mol. The molecule has 0 aliphatic rings. The van der Waals surface area contributed by atoms with E-state index in [1.807, 2.05) is 0 Å². The molecule has 0 saturated carbocycles. The molecule has 1 rings (SSSR count). The lowest BCUT2D eigenvalue weighted by Gasteiger charge is -2.06. The Morgan fingerprint density at radius 2 is 1.91 bits per heavy atom. The van der Waals surface area contributed by atoms with Gasteiger partial charge in [-0.1, -0.05) is 11.6 Å². The first-order valence-corrected chi connectivity index (χ1v) is 4.87. The van der Waals surface area contributed by atoms with Crippen LogP contribution < -0.4 is 0 Å². The molecule has 0 bridgehead atoms. The minimum atomic E-state index is -0.968. The van der Waals surface area contributed by atoms with Crippen LogP contribution in [0.1, 0.15) is 0 Å². The first-order valence-electron chi connectivity index (χ1n) is 3.17. The molecule has 0 aliphatic heterocycles. The first kappa shape index (κ1) is 8.91. The normalized spacial score (nSPS) is 13.0. The molecule has 0 saturated heterocycles. The van der Waals surface area contributed by atoms with Crippen molar-refractivity contribution in [2.24, 2.45) is 0 Å². The lowest BCUT2D eigenvalue weighted by molar-refractivity contribution is 0.598. The smallest absolute Gasteiger partial charge is 0.152 e. The third kappa shape index (κ3) is 2.40. The maximum atomic E-state index is 11.1. The topological polar surface area (TPSA) is 23.1 Å². The third-order valence-corrected chi connectivity index (χ3v) is 2.68. The van der Waals surface area contributed by atoms with Gasteiger partial charge in [0.1, 0.15) is 5.75 Å². The predicted octanol–water partition coefficient (Wildman–Crippen LogP) is 2.28. The first-order chi connectivity index (χ1) is 5.24. The van der Waals surface area contributed by atoms with E-state index in [4.69, 9.17) is 11.6 Å². The Bertz CT molecular complexity index is 222. The lowest BCUT2D eigenvalue weighted by atomic mass is 10.4. The molecule has 1 radical (unpaired) electrons. The summed E-state index contributed by atoms with van der Waals surface area (Å²) in [5.41, 5.74) is 0. The highest BCUT2D eigenvalue weighted by atomic mass is 35.5. The Hall–Kier alpha value is -0.180. The number of rotatable bonds is 2. The van der Waals surface area contributed by atoms with Gasteiger partial charge in [0.15, 0.2) is 4.90 Å². The Balaban J connectivity index is 2.81. The van der Waals surface area contributed by atoms with Crippen molar-refractivity contribution >= 4 is 22.8 Å². The van der Waals surface area contributed by atoms with Crippen LogP contribution in [0.15, 0.2) is 29.2 Å². The Morgan fingerprint density at radius 3 is 2.36 bits per heavy atom. The molecule has 1 aromatic rings. The fraction of sp³-hybridized carbons (Fsp3) is 0.125. The van der Waals surface area contributed by atoms with Crippen LogP contribution >= 0.6 is 11.6 Å². The second-order valence-electron chi connectivity index (χ2n) is 2.00. The van der Waals surface area contributed by atoms with Gasteiger partial charge in [-0.25, -0.2) is 0 Å². The minimum Gasteiger partial charge on any atom is -0.611 e. The van der Waals surface area contributed by atoms with Crippen molar-refractivity contribution in [2.45, 2.75) is 4.90 Å². The van der Waals surface area contributed by atoms with E-state index in [1.54, 1.807) is 24.3 Å². The molecule has 1 nitrogen and oxygen atoms in total. The highest BCUT2D eigenvalue weighted by Crippen LogP contribution is 2.14. The van der Waals surface area contributed by atoms with Gasteiger partial charge in [-0.3, -0.25) is 0 Å². The van der Waals surface area contributed by atoms with Crippen LogP contribution in [0.25, 0.3) is 0 Å². The SMILES string of the molecule is [CH2]C[S+]([O-])c1ccc(Cl)cc1. The van der Waals surface area contributed by atoms with Crippen LogP contribution in [-0.2, 0) is 11.2 Å². The van der Waals surface area contributed by atoms with Crippen LogP contribution in [0, 0.1) is 6.92 Å². The van der Waals surface area contributed by atoms with Crippen molar-refractivity contribution in [3.8, 4) is 0 Å². The van der Waals surface area contributed by atoms with Crippen LogP contribution in [0.2, 0.25) is 5.02 Å². The number of hydrogen-bond acceptors (Lipinski definition) is 1. The average Bonchev–Trinajstić information content (AvgIpc) is 2.05. The van der Waals surface area contributed by atoms with Gasteiger partial charge < -0.3 is 4.55 Å². The molecule has 0 N–H and O–H groups in total. The number of benzene rings is 1. The molecule has 0 amide bonds. The maximum Gasteiger partial charge on any atom is 0.152 e. The Morgan fingerprint density at radius 1 is 1.36 bits per heavy atom. The zero-order valence-electron chi connectivity index (χ0n) is 5.92. The molecule has 11 heavy (non-hydrogen) atoms. The average molecular weight is 188 g/mol. The van der Waals surface area contributed by atoms with E-state index >= 15 is 0 Å². The maximum absolute atomic E-state index is 11.1. The second kappa shape index (κ2) is 4.00. The summed E-state index contributed by atoms with van der Waals surface area (Å²) in [7, 11) is 0. The number of hydrogen-bond donors (Lipinski definition) is 0. The quantitative estimate of drug-likeness (QED) is 0.652. The van der Waals surface area contributed by atoms with E-state index < -0.39 is 11.2 Å². The summed E-state index contributed by atoms with van der Waals surface area (Å²) < 4.78 is 11.1. The molecular weight excluding hydrogens is 180 g/mol. The van der Waals surface area contributed by atoms with Gasteiger partial charge >= 0.3 is 0 Å². The van der Waals surface area contributed by atoms with Gasteiger partial charge in [-0.15, -0.1) is 0 Å². The number of halogens is 1. The molecule has 0 spiro atoms. The molecule has 59 valence electrons. The molecule has 1 unspecified atom stereocenters.